The molecule has 0 saturated carbocycles. The van der Waals surface area contributed by atoms with E-state index < -0.39 is 0 Å². The summed E-state index contributed by atoms with van der Waals surface area (Å²) < 4.78 is 7.54. The van der Waals surface area contributed by atoms with E-state index in [9.17, 15) is 0 Å². The molecule has 18 heavy (non-hydrogen) atoms. The third kappa shape index (κ3) is 1.99. The number of hydrogen-bond acceptors (Lipinski definition) is 4. The molecule has 0 bridgehead atoms. The second kappa shape index (κ2) is 4.60. The molecule has 0 fully saturated rings. The average molecular weight is 244 g/mol. The van der Waals surface area contributed by atoms with Gasteiger partial charge in [0.15, 0.2) is 0 Å². The topological polar surface area (TPSA) is 51.1 Å². The molecule has 3 rings (SSSR count). The summed E-state index contributed by atoms with van der Waals surface area (Å²) in [6.07, 6.45) is 1.78. The fourth-order valence-corrected chi connectivity index (χ4v) is 2.11. The highest BCUT2D eigenvalue weighted by Gasteiger charge is 2.13. The maximum absolute atomic E-state index is 5.73. The average Bonchev–Trinajstić information content (AvgIpc) is 2.82. The van der Waals surface area contributed by atoms with Gasteiger partial charge in [-0.2, -0.15) is 5.10 Å². The van der Waals surface area contributed by atoms with Gasteiger partial charge in [-0.3, -0.25) is 4.68 Å². The normalized spacial score (nSPS) is 13.4. The molecule has 1 aromatic carbocycles. The lowest BCUT2D eigenvalue weighted by molar-refractivity contribution is 0.320. The standard InChI is InChI=1S/C13H16N4O/c1-17-12(5-6-16-17)15-9-10-3-2-4-11-13(10)18-8-7-14-11/h2-6,14-15H,7-9H2,1H3. The van der Waals surface area contributed by atoms with Gasteiger partial charge in [-0.25, -0.2) is 0 Å². The van der Waals surface area contributed by atoms with E-state index in [2.05, 4.69) is 21.8 Å². The first-order valence-corrected chi connectivity index (χ1v) is 6.05. The van der Waals surface area contributed by atoms with Gasteiger partial charge in [0.25, 0.3) is 0 Å². The summed E-state index contributed by atoms with van der Waals surface area (Å²) in [5.74, 6) is 1.95. The lowest BCUT2D eigenvalue weighted by atomic mass is 10.1. The minimum absolute atomic E-state index is 0.718. The van der Waals surface area contributed by atoms with Crippen molar-refractivity contribution in [2.75, 3.05) is 23.8 Å². The van der Waals surface area contributed by atoms with E-state index >= 15 is 0 Å². The van der Waals surface area contributed by atoms with Crippen LogP contribution in [0.3, 0.4) is 0 Å². The van der Waals surface area contributed by atoms with Crippen LogP contribution < -0.4 is 15.4 Å². The summed E-state index contributed by atoms with van der Waals surface area (Å²) in [5, 5.41) is 10.8. The van der Waals surface area contributed by atoms with Crippen LogP contribution >= 0.6 is 0 Å². The number of aromatic nitrogens is 2. The minimum Gasteiger partial charge on any atom is -0.489 e. The van der Waals surface area contributed by atoms with Crippen LogP contribution in [0.25, 0.3) is 0 Å². The zero-order chi connectivity index (χ0) is 12.4. The van der Waals surface area contributed by atoms with Crippen LogP contribution in [0, 0.1) is 0 Å². The van der Waals surface area contributed by atoms with Crippen molar-refractivity contribution in [2.24, 2.45) is 7.05 Å². The van der Waals surface area contributed by atoms with E-state index in [0.717, 1.165) is 42.5 Å². The number of rotatable bonds is 3. The Labute approximate surface area is 106 Å². The van der Waals surface area contributed by atoms with Gasteiger partial charge in [0, 0.05) is 31.8 Å². The first-order valence-electron chi connectivity index (χ1n) is 6.05. The van der Waals surface area contributed by atoms with Crippen molar-refractivity contribution in [3.63, 3.8) is 0 Å². The Bertz CT molecular complexity index is 550. The summed E-state index contributed by atoms with van der Waals surface area (Å²) in [4.78, 5) is 0. The van der Waals surface area contributed by atoms with E-state index in [4.69, 9.17) is 4.74 Å². The fraction of sp³-hybridized carbons (Fsp3) is 0.308. The van der Waals surface area contributed by atoms with Crippen molar-refractivity contribution >= 4 is 11.5 Å². The first-order chi connectivity index (χ1) is 8.84. The molecule has 2 heterocycles. The van der Waals surface area contributed by atoms with Crippen molar-refractivity contribution in [1.29, 1.82) is 0 Å². The largest absolute Gasteiger partial charge is 0.489 e. The number of hydrogen-bond donors (Lipinski definition) is 2. The number of anilines is 2. The Morgan fingerprint density at radius 3 is 3.22 bits per heavy atom. The Balaban J connectivity index is 1.79. The van der Waals surface area contributed by atoms with Crippen molar-refractivity contribution in [2.45, 2.75) is 6.54 Å². The summed E-state index contributed by atoms with van der Waals surface area (Å²) in [5.41, 5.74) is 2.23. The third-order valence-electron chi connectivity index (χ3n) is 3.04. The quantitative estimate of drug-likeness (QED) is 0.865. The number of ether oxygens (including phenoxy) is 1. The first kappa shape index (κ1) is 11.0. The summed E-state index contributed by atoms with van der Waals surface area (Å²) in [6, 6.07) is 8.12. The second-order valence-corrected chi connectivity index (χ2v) is 4.26. The summed E-state index contributed by atoms with van der Waals surface area (Å²) in [6.45, 7) is 2.31. The van der Waals surface area contributed by atoms with Crippen LogP contribution in [-0.2, 0) is 13.6 Å². The molecule has 94 valence electrons. The molecule has 1 aliphatic heterocycles. The molecule has 0 spiro atoms. The predicted octanol–water partition coefficient (Wildman–Crippen LogP) is 1.84. The highest BCUT2D eigenvalue weighted by atomic mass is 16.5. The van der Waals surface area contributed by atoms with Crippen molar-refractivity contribution in [3.8, 4) is 5.75 Å². The lowest BCUT2D eigenvalue weighted by Gasteiger charge is -2.22. The predicted molar refractivity (Wildman–Crippen MR) is 71.0 cm³/mol. The van der Waals surface area contributed by atoms with Crippen LogP contribution in [-0.4, -0.2) is 22.9 Å². The zero-order valence-corrected chi connectivity index (χ0v) is 10.3. The number of fused-ring (bicyclic) bond motifs is 1. The summed E-state index contributed by atoms with van der Waals surface area (Å²) in [7, 11) is 1.92. The number of nitrogens with zero attached hydrogens (tertiary/aromatic N) is 2. The number of nitrogens with one attached hydrogen (secondary N) is 2. The van der Waals surface area contributed by atoms with E-state index in [1.807, 2.05) is 29.9 Å². The fourth-order valence-electron chi connectivity index (χ4n) is 2.11. The number of para-hydroxylation sites is 1. The Hall–Kier alpha value is -2.17. The number of aryl methyl sites for hydroxylation is 1. The molecule has 2 aromatic rings. The zero-order valence-electron chi connectivity index (χ0n) is 10.3. The monoisotopic (exact) mass is 244 g/mol. The molecule has 1 aliphatic rings. The van der Waals surface area contributed by atoms with Crippen LogP contribution in [0.2, 0.25) is 0 Å². The van der Waals surface area contributed by atoms with Crippen LogP contribution in [0.15, 0.2) is 30.5 Å². The molecular formula is C13H16N4O. The molecule has 0 saturated heterocycles. The highest BCUT2D eigenvalue weighted by molar-refractivity contribution is 5.61. The van der Waals surface area contributed by atoms with Crippen molar-refractivity contribution in [3.05, 3.63) is 36.0 Å². The van der Waals surface area contributed by atoms with E-state index in [1.54, 1.807) is 6.20 Å². The van der Waals surface area contributed by atoms with Crippen molar-refractivity contribution in [1.82, 2.24) is 9.78 Å². The third-order valence-corrected chi connectivity index (χ3v) is 3.04. The molecule has 0 aliphatic carbocycles. The van der Waals surface area contributed by atoms with Gasteiger partial charge in [0.2, 0.25) is 0 Å². The van der Waals surface area contributed by atoms with Gasteiger partial charge < -0.3 is 15.4 Å². The van der Waals surface area contributed by atoms with Crippen LogP contribution in [0.1, 0.15) is 5.56 Å². The molecule has 0 amide bonds. The van der Waals surface area contributed by atoms with Crippen molar-refractivity contribution < 1.29 is 4.74 Å². The van der Waals surface area contributed by atoms with Gasteiger partial charge >= 0.3 is 0 Å². The van der Waals surface area contributed by atoms with Gasteiger partial charge in [-0.15, -0.1) is 0 Å². The molecule has 0 atom stereocenters. The molecular weight excluding hydrogens is 228 g/mol. The Morgan fingerprint density at radius 2 is 2.39 bits per heavy atom. The van der Waals surface area contributed by atoms with Gasteiger partial charge in [0.05, 0.1) is 11.9 Å². The second-order valence-electron chi connectivity index (χ2n) is 4.26. The van der Waals surface area contributed by atoms with Crippen LogP contribution in [0.4, 0.5) is 11.5 Å². The molecule has 0 unspecified atom stereocenters. The Kier molecular flexibility index (Phi) is 2.80. The van der Waals surface area contributed by atoms with E-state index in [0.29, 0.717) is 0 Å². The van der Waals surface area contributed by atoms with Gasteiger partial charge in [0.1, 0.15) is 18.2 Å². The smallest absolute Gasteiger partial charge is 0.147 e. The van der Waals surface area contributed by atoms with Gasteiger partial charge in [-0.05, 0) is 6.07 Å². The highest BCUT2D eigenvalue weighted by Crippen LogP contribution is 2.31. The molecule has 5 heteroatoms. The van der Waals surface area contributed by atoms with Crippen LogP contribution in [0.5, 0.6) is 5.75 Å². The molecule has 1 aromatic heterocycles. The molecule has 5 nitrogen and oxygen atoms in total. The number of benzene rings is 1. The summed E-state index contributed by atoms with van der Waals surface area (Å²) >= 11 is 0. The molecule has 0 radical (unpaired) electrons. The molecule has 2 N–H and O–H groups in total. The lowest BCUT2D eigenvalue weighted by Crippen LogP contribution is -2.19. The van der Waals surface area contributed by atoms with E-state index in [-0.39, 0.29) is 0 Å². The SMILES string of the molecule is Cn1nccc1NCc1cccc2c1OCCN2. The Morgan fingerprint density at radius 1 is 1.44 bits per heavy atom. The maximum atomic E-state index is 5.73. The minimum atomic E-state index is 0.718. The van der Waals surface area contributed by atoms with Gasteiger partial charge in [-0.1, -0.05) is 12.1 Å². The maximum Gasteiger partial charge on any atom is 0.147 e. The van der Waals surface area contributed by atoms with E-state index in [1.165, 1.54) is 0 Å².